The van der Waals surface area contributed by atoms with Crippen molar-refractivity contribution >= 4 is 20.5 Å². The zero-order valence-electron chi connectivity index (χ0n) is 9.71. The van der Waals surface area contributed by atoms with Crippen LogP contribution in [0.25, 0.3) is 0 Å². The smallest absolute Gasteiger partial charge is 0.329 e. The lowest BCUT2D eigenvalue weighted by atomic mass is 10.5. The number of hydrogen-bond acceptors (Lipinski definition) is 4. The molecule has 0 fully saturated rings. The summed E-state index contributed by atoms with van der Waals surface area (Å²) in [5.41, 5.74) is -0.565. The summed E-state index contributed by atoms with van der Waals surface area (Å²) in [6.45, 7) is 2.63. The molecule has 0 aromatic carbocycles. The van der Waals surface area contributed by atoms with Crippen molar-refractivity contribution in [3.05, 3.63) is 0 Å². The van der Waals surface area contributed by atoms with Gasteiger partial charge in [0, 0.05) is 0 Å². The second-order valence-electron chi connectivity index (χ2n) is 4.28. The van der Waals surface area contributed by atoms with Crippen molar-refractivity contribution in [1.82, 2.24) is 0 Å². The van der Waals surface area contributed by atoms with Gasteiger partial charge >= 0.3 is 7.82 Å². The van der Waals surface area contributed by atoms with E-state index in [0.29, 0.717) is 17.4 Å². The number of thiol groups is 1. The van der Waals surface area contributed by atoms with Gasteiger partial charge in [-0.1, -0.05) is 6.92 Å². The van der Waals surface area contributed by atoms with Crippen molar-refractivity contribution in [1.29, 1.82) is 0 Å². The summed E-state index contributed by atoms with van der Waals surface area (Å²) in [6, 6.07) is 0. The number of phosphoric acid groups is 1. The maximum atomic E-state index is 11.3. The summed E-state index contributed by atoms with van der Waals surface area (Å²) in [5.74, 6) is 0. The molecule has 0 aromatic rings. The minimum Gasteiger partial charge on any atom is -0.329 e. The average Bonchev–Trinajstić information content (AvgIpc) is 2.00. The van der Waals surface area contributed by atoms with Crippen molar-refractivity contribution in [2.75, 3.05) is 34.3 Å². The third-order valence-electron chi connectivity index (χ3n) is 1.62. The number of likely N-dealkylation sites (N-methyl/N-ethyl adjacent to an activating group) is 1. The van der Waals surface area contributed by atoms with Crippen LogP contribution in [-0.4, -0.2) is 49.1 Å². The van der Waals surface area contributed by atoms with Crippen LogP contribution < -0.4 is 0 Å². The highest BCUT2D eigenvalue weighted by Gasteiger charge is 2.25. The van der Waals surface area contributed by atoms with Crippen LogP contribution in [0.4, 0.5) is 0 Å². The van der Waals surface area contributed by atoms with Crippen molar-refractivity contribution in [3.63, 3.8) is 0 Å². The Morgan fingerprint density at radius 3 is 2.40 bits per heavy atom. The lowest BCUT2D eigenvalue weighted by molar-refractivity contribution is -0.870. The average molecular weight is 258 g/mol. The SMILES string of the molecule is CCC(S)OP(=O)(O)OCC[N+](C)(C)C. The maximum absolute atomic E-state index is 11.3. The monoisotopic (exact) mass is 258 g/mol. The van der Waals surface area contributed by atoms with E-state index in [1.54, 1.807) is 0 Å². The highest BCUT2D eigenvalue weighted by atomic mass is 32.1. The molecule has 0 aromatic heterocycles. The molecule has 0 bridgehead atoms. The summed E-state index contributed by atoms with van der Waals surface area (Å²) < 4.78 is 21.5. The number of phosphoric ester groups is 1. The van der Waals surface area contributed by atoms with Crippen molar-refractivity contribution in [2.45, 2.75) is 18.8 Å². The molecule has 0 rings (SSSR count). The number of quaternary nitrogens is 1. The van der Waals surface area contributed by atoms with Gasteiger partial charge in [-0.25, -0.2) is 4.57 Å². The van der Waals surface area contributed by atoms with Crippen LogP contribution in [0.5, 0.6) is 0 Å². The Morgan fingerprint density at radius 2 is 2.00 bits per heavy atom. The van der Waals surface area contributed by atoms with E-state index in [1.807, 2.05) is 28.1 Å². The summed E-state index contributed by atoms with van der Waals surface area (Å²) >= 11 is 3.96. The van der Waals surface area contributed by atoms with Crippen molar-refractivity contribution in [2.24, 2.45) is 0 Å². The van der Waals surface area contributed by atoms with Crippen LogP contribution in [0.15, 0.2) is 0 Å². The fraction of sp³-hybridized carbons (Fsp3) is 1.00. The van der Waals surface area contributed by atoms with Crippen LogP contribution >= 0.6 is 20.5 Å². The molecule has 0 aliphatic rings. The second-order valence-corrected chi connectivity index (χ2v) is 6.27. The third-order valence-corrected chi connectivity index (χ3v) is 3.29. The van der Waals surface area contributed by atoms with Gasteiger partial charge in [-0.2, -0.15) is 0 Å². The molecule has 0 radical (unpaired) electrons. The van der Waals surface area contributed by atoms with E-state index in [-0.39, 0.29) is 6.61 Å². The van der Waals surface area contributed by atoms with E-state index in [1.165, 1.54) is 0 Å². The minimum atomic E-state index is -3.94. The summed E-state index contributed by atoms with van der Waals surface area (Å²) in [5, 5.41) is 0. The first kappa shape index (κ1) is 15.4. The molecular weight excluding hydrogens is 237 g/mol. The number of rotatable bonds is 7. The van der Waals surface area contributed by atoms with Gasteiger partial charge < -0.3 is 9.38 Å². The maximum Gasteiger partial charge on any atom is 0.473 e. The van der Waals surface area contributed by atoms with E-state index < -0.39 is 13.3 Å². The van der Waals surface area contributed by atoms with Gasteiger partial charge in [-0.3, -0.25) is 9.05 Å². The molecular formula is C8H21NO4PS+. The van der Waals surface area contributed by atoms with Crippen LogP contribution in [0, 0.1) is 0 Å². The van der Waals surface area contributed by atoms with Gasteiger partial charge in [0.2, 0.25) is 0 Å². The molecule has 5 nitrogen and oxygen atoms in total. The van der Waals surface area contributed by atoms with E-state index in [0.717, 1.165) is 0 Å². The third kappa shape index (κ3) is 9.35. The molecule has 2 unspecified atom stereocenters. The minimum absolute atomic E-state index is 0.182. The molecule has 0 saturated heterocycles. The highest BCUT2D eigenvalue weighted by molar-refractivity contribution is 7.81. The topological polar surface area (TPSA) is 55.8 Å². The molecule has 0 aliphatic heterocycles. The van der Waals surface area contributed by atoms with Gasteiger partial charge in [0.1, 0.15) is 18.6 Å². The standard InChI is InChI=1S/C8H20NO4PS/c1-5-8(15)13-14(10,11)12-7-6-9(2,3)4/h8H,5-7H2,1-4H3,(H-,10,11,15)/p+1. The Kier molecular flexibility index (Phi) is 6.40. The summed E-state index contributed by atoms with van der Waals surface area (Å²) in [4.78, 5) is 9.27. The Morgan fingerprint density at radius 1 is 1.47 bits per heavy atom. The van der Waals surface area contributed by atoms with Gasteiger partial charge in [-0.05, 0) is 6.42 Å². The molecule has 0 amide bonds. The van der Waals surface area contributed by atoms with Gasteiger partial charge in [-0.15, -0.1) is 12.6 Å². The zero-order chi connectivity index (χ0) is 12.1. The fourth-order valence-electron chi connectivity index (χ4n) is 0.689. The van der Waals surface area contributed by atoms with Crippen molar-refractivity contribution in [3.8, 4) is 0 Å². The predicted octanol–water partition coefficient (Wildman–Crippen LogP) is 1.49. The fourth-order valence-corrected chi connectivity index (χ4v) is 1.88. The molecule has 7 heteroatoms. The molecule has 1 N–H and O–H groups in total. The molecule has 92 valence electrons. The van der Waals surface area contributed by atoms with Crippen LogP contribution in [0.3, 0.4) is 0 Å². The number of hydrogen-bond donors (Lipinski definition) is 2. The molecule has 2 atom stereocenters. The molecule has 0 heterocycles. The lowest BCUT2D eigenvalue weighted by Crippen LogP contribution is -2.37. The Balaban J connectivity index is 3.90. The predicted molar refractivity (Wildman–Crippen MR) is 62.8 cm³/mol. The van der Waals surface area contributed by atoms with E-state index in [4.69, 9.17) is 9.05 Å². The normalized spacial score (nSPS) is 18.5. The summed E-state index contributed by atoms with van der Waals surface area (Å²) in [7, 11) is 1.98. The van der Waals surface area contributed by atoms with Gasteiger partial charge in [0.25, 0.3) is 0 Å². The zero-order valence-corrected chi connectivity index (χ0v) is 11.5. The van der Waals surface area contributed by atoms with E-state index >= 15 is 0 Å². The highest BCUT2D eigenvalue weighted by Crippen LogP contribution is 2.45. The molecule has 15 heavy (non-hydrogen) atoms. The van der Waals surface area contributed by atoms with Gasteiger partial charge in [0.05, 0.1) is 21.1 Å². The van der Waals surface area contributed by atoms with E-state index in [2.05, 4.69) is 12.6 Å². The Bertz CT molecular complexity index is 231. The van der Waals surface area contributed by atoms with Crippen LogP contribution in [0.2, 0.25) is 0 Å². The first-order valence-electron chi connectivity index (χ1n) is 4.80. The van der Waals surface area contributed by atoms with Crippen molar-refractivity contribution < 1.29 is 23.0 Å². The Hall–Kier alpha value is 0.420. The quantitative estimate of drug-likeness (QED) is 0.314. The largest absolute Gasteiger partial charge is 0.473 e. The van der Waals surface area contributed by atoms with E-state index in [9.17, 15) is 9.46 Å². The second kappa shape index (κ2) is 6.23. The first-order valence-corrected chi connectivity index (χ1v) is 6.82. The van der Waals surface area contributed by atoms with Gasteiger partial charge in [0.15, 0.2) is 0 Å². The van der Waals surface area contributed by atoms with Crippen LogP contribution in [0.1, 0.15) is 13.3 Å². The lowest BCUT2D eigenvalue weighted by Gasteiger charge is -2.24. The molecule has 0 saturated carbocycles. The number of nitrogens with zero attached hydrogens (tertiary/aromatic N) is 1. The molecule has 0 spiro atoms. The first-order chi connectivity index (χ1) is 6.66. The summed E-state index contributed by atoms with van der Waals surface area (Å²) in [6.07, 6.45) is 0.548. The Labute approximate surface area is 97.0 Å². The van der Waals surface area contributed by atoms with Crippen LogP contribution in [-0.2, 0) is 13.6 Å². The molecule has 0 aliphatic carbocycles.